The number of ether oxygens (including phenoxy) is 2. The number of hydrogen-bond acceptors (Lipinski definition) is 5. The van der Waals surface area contributed by atoms with Gasteiger partial charge in [0, 0.05) is 11.6 Å². The molecule has 174 valence electrons. The fourth-order valence-electron chi connectivity index (χ4n) is 3.54. The van der Waals surface area contributed by atoms with Gasteiger partial charge in [-0.1, -0.05) is 11.6 Å². The van der Waals surface area contributed by atoms with Gasteiger partial charge in [-0.3, -0.25) is 9.59 Å². The van der Waals surface area contributed by atoms with Crippen molar-refractivity contribution in [1.82, 2.24) is 0 Å². The molecule has 1 N–H and O–H groups in total. The van der Waals surface area contributed by atoms with E-state index in [4.69, 9.17) is 30.6 Å². The molecule has 1 aromatic heterocycles. The molecule has 0 aliphatic heterocycles. The van der Waals surface area contributed by atoms with E-state index in [1.165, 1.54) is 6.07 Å². The van der Waals surface area contributed by atoms with Crippen molar-refractivity contribution in [2.24, 2.45) is 5.92 Å². The third-order valence-electron chi connectivity index (χ3n) is 5.43. The van der Waals surface area contributed by atoms with Crippen LogP contribution in [0.1, 0.15) is 18.4 Å². The second-order valence-corrected chi connectivity index (χ2v) is 8.03. The first kappa shape index (κ1) is 23.1. The molecule has 1 saturated carbocycles. The van der Waals surface area contributed by atoms with Crippen LogP contribution in [0.4, 0.5) is 13.2 Å². The van der Waals surface area contributed by atoms with E-state index in [0.717, 1.165) is 12.1 Å². The summed E-state index contributed by atoms with van der Waals surface area (Å²) in [6.07, 6.45) is -3.76. The van der Waals surface area contributed by atoms with E-state index >= 15 is 0 Å². The molecular formula is C23H18ClF3O6. The van der Waals surface area contributed by atoms with Crippen molar-refractivity contribution in [3.8, 4) is 17.1 Å². The van der Waals surface area contributed by atoms with Gasteiger partial charge in [-0.2, -0.15) is 13.2 Å². The Labute approximate surface area is 190 Å². The SMILES string of the molecule is O=C(O)C1CC(OCCOc2ccc(-c3cc(=O)c4ccc(C(F)(F)F)c(Cl)c4o3)cc2)C1. The fourth-order valence-corrected chi connectivity index (χ4v) is 3.85. The van der Waals surface area contributed by atoms with Gasteiger partial charge >= 0.3 is 12.1 Å². The molecule has 0 atom stereocenters. The Morgan fingerprint density at radius 2 is 1.82 bits per heavy atom. The first-order valence-corrected chi connectivity index (χ1v) is 10.4. The molecule has 0 bridgehead atoms. The Hall–Kier alpha value is -3.04. The van der Waals surface area contributed by atoms with E-state index in [1.54, 1.807) is 24.3 Å². The van der Waals surface area contributed by atoms with E-state index in [-0.39, 0.29) is 35.4 Å². The average Bonchev–Trinajstić information content (AvgIpc) is 2.72. The molecule has 0 spiro atoms. The highest BCUT2D eigenvalue weighted by atomic mass is 35.5. The molecular weight excluding hydrogens is 465 g/mol. The van der Waals surface area contributed by atoms with Crippen molar-refractivity contribution >= 4 is 28.5 Å². The largest absolute Gasteiger partial charge is 0.491 e. The number of carboxylic acids is 1. The number of carbonyl (C=O) groups is 1. The molecule has 3 aromatic rings. The molecule has 1 aliphatic rings. The number of aliphatic carboxylic acids is 1. The highest BCUT2D eigenvalue weighted by Crippen LogP contribution is 2.39. The highest BCUT2D eigenvalue weighted by molar-refractivity contribution is 6.35. The molecule has 1 aliphatic carbocycles. The lowest BCUT2D eigenvalue weighted by molar-refractivity contribution is -0.151. The predicted octanol–water partition coefficient (Wildman–Crippen LogP) is 5.39. The lowest BCUT2D eigenvalue weighted by Gasteiger charge is -2.31. The van der Waals surface area contributed by atoms with Crippen LogP contribution < -0.4 is 10.2 Å². The number of rotatable bonds is 7. The van der Waals surface area contributed by atoms with Gasteiger partial charge in [0.05, 0.1) is 34.6 Å². The average molecular weight is 483 g/mol. The molecule has 0 unspecified atom stereocenters. The van der Waals surface area contributed by atoms with Crippen LogP contribution in [0, 0.1) is 5.92 Å². The van der Waals surface area contributed by atoms with Crippen LogP contribution in [0.5, 0.6) is 5.75 Å². The summed E-state index contributed by atoms with van der Waals surface area (Å²) in [5, 5.41) is 8.13. The summed E-state index contributed by atoms with van der Waals surface area (Å²) in [4.78, 5) is 23.2. The lowest BCUT2D eigenvalue weighted by Crippen LogP contribution is -2.36. The molecule has 1 heterocycles. The van der Waals surface area contributed by atoms with Crippen molar-refractivity contribution < 1.29 is 37.0 Å². The van der Waals surface area contributed by atoms with Gasteiger partial charge in [0.2, 0.25) is 0 Å². The first-order chi connectivity index (χ1) is 15.6. The van der Waals surface area contributed by atoms with E-state index in [1.807, 2.05) is 0 Å². The summed E-state index contributed by atoms with van der Waals surface area (Å²) >= 11 is 5.90. The van der Waals surface area contributed by atoms with Crippen LogP contribution >= 0.6 is 11.6 Å². The van der Waals surface area contributed by atoms with Gasteiger partial charge in [-0.15, -0.1) is 0 Å². The minimum atomic E-state index is -4.68. The number of hydrogen-bond donors (Lipinski definition) is 1. The quantitative estimate of drug-likeness (QED) is 0.454. The van der Waals surface area contributed by atoms with E-state index in [9.17, 15) is 22.8 Å². The van der Waals surface area contributed by atoms with Gasteiger partial charge in [0.25, 0.3) is 0 Å². The van der Waals surface area contributed by atoms with E-state index in [2.05, 4.69) is 0 Å². The summed E-state index contributed by atoms with van der Waals surface area (Å²) in [6.45, 7) is 0.562. The second kappa shape index (κ2) is 9.07. The van der Waals surface area contributed by atoms with Crippen molar-refractivity contribution in [3.63, 3.8) is 0 Å². The molecule has 0 radical (unpaired) electrons. The van der Waals surface area contributed by atoms with Gasteiger partial charge in [-0.25, -0.2) is 0 Å². The first-order valence-electron chi connectivity index (χ1n) is 10.0. The van der Waals surface area contributed by atoms with Crippen molar-refractivity contribution in [2.45, 2.75) is 25.1 Å². The monoisotopic (exact) mass is 482 g/mol. The maximum Gasteiger partial charge on any atom is 0.417 e. The number of alkyl halides is 3. The Balaban J connectivity index is 1.43. The third-order valence-corrected chi connectivity index (χ3v) is 5.81. The minimum absolute atomic E-state index is 0.0437. The molecule has 6 nitrogen and oxygen atoms in total. The second-order valence-electron chi connectivity index (χ2n) is 7.65. The number of fused-ring (bicyclic) bond motifs is 1. The fraction of sp³-hybridized carbons (Fsp3) is 0.304. The zero-order valence-corrected chi connectivity index (χ0v) is 17.8. The molecule has 33 heavy (non-hydrogen) atoms. The number of carboxylic acid groups (broad SMARTS) is 1. The van der Waals surface area contributed by atoms with Crippen LogP contribution in [0.25, 0.3) is 22.3 Å². The van der Waals surface area contributed by atoms with Crippen LogP contribution in [-0.4, -0.2) is 30.4 Å². The zero-order valence-electron chi connectivity index (χ0n) is 17.0. The summed E-state index contributed by atoms with van der Waals surface area (Å²) in [7, 11) is 0. The molecule has 2 aromatic carbocycles. The van der Waals surface area contributed by atoms with Crippen LogP contribution in [0.3, 0.4) is 0 Å². The number of benzene rings is 2. The zero-order chi connectivity index (χ0) is 23.8. The lowest BCUT2D eigenvalue weighted by atomic mass is 9.82. The molecule has 0 amide bonds. The Bertz CT molecular complexity index is 1230. The smallest absolute Gasteiger partial charge is 0.417 e. The van der Waals surface area contributed by atoms with Gasteiger partial charge in [-0.05, 0) is 49.2 Å². The maximum atomic E-state index is 13.1. The molecule has 1 fully saturated rings. The Kier molecular flexibility index (Phi) is 6.36. The van der Waals surface area contributed by atoms with Gasteiger partial charge < -0.3 is 19.0 Å². The third kappa shape index (κ3) is 4.99. The van der Waals surface area contributed by atoms with Crippen LogP contribution in [0.15, 0.2) is 51.7 Å². The van der Waals surface area contributed by atoms with Crippen molar-refractivity contribution in [3.05, 3.63) is 63.3 Å². The topological polar surface area (TPSA) is 86.0 Å². The van der Waals surface area contributed by atoms with E-state index in [0.29, 0.717) is 30.8 Å². The summed E-state index contributed by atoms with van der Waals surface area (Å²) in [5.74, 6) is -0.563. The highest BCUT2D eigenvalue weighted by Gasteiger charge is 2.35. The standard InChI is InChI=1S/C23H18ClF3O6/c24-20-17(23(25,26)27)6-5-16-18(28)11-19(33-21(16)20)12-1-3-14(4-2-12)31-7-8-32-15-9-13(10-15)22(29)30/h1-6,11,13,15H,7-10H2,(H,29,30). The summed E-state index contributed by atoms with van der Waals surface area (Å²) in [6, 6.07) is 9.44. The van der Waals surface area contributed by atoms with Crippen LogP contribution in [-0.2, 0) is 15.7 Å². The normalized spacial score (nSPS) is 18.2. The summed E-state index contributed by atoms with van der Waals surface area (Å²) < 4.78 is 56.1. The number of halogens is 4. The predicted molar refractivity (Wildman–Crippen MR) is 114 cm³/mol. The summed E-state index contributed by atoms with van der Waals surface area (Å²) in [5.41, 5.74) is -1.46. The molecule has 0 saturated heterocycles. The van der Waals surface area contributed by atoms with E-state index < -0.39 is 28.2 Å². The van der Waals surface area contributed by atoms with Crippen molar-refractivity contribution in [2.75, 3.05) is 13.2 Å². The van der Waals surface area contributed by atoms with Crippen molar-refractivity contribution in [1.29, 1.82) is 0 Å². The molecule has 10 heteroatoms. The Morgan fingerprint density at radius 3 is 2.45 bits per heavy atom. The molecule has 4 rings (SSSR count). The van der Waals surface area contributed by atoms with Gasteiger partial charge in [0.1, 0.15) is 18.1 Å². The van der Waals surface area contributed by atoms with Gasteiger partial charge in [0.15, 0.2) is 11.0 Å². The minimum Gasteiger partial charge on any atom is -0.491 e. The Morgan fingerprint density at radius 1 is 1.12 bits per heavy atom. The maximum absolute atomic E-state index is 13.1. The van der Waals surface area contributed by atoms with Crippen LogP contribution in [0.2, 0.25) is 5.02 Å².